The third kappa shape index (κ3) is 4.63. The molecule has 0 radical (unpaired) electrons. The van der Waals surface area contributed by atoms with Gasteiger partial charge in [-0.15, -0.1) is 0 Å². The zero-order valence-electron chi connectivity index (χ0n) is 19.2. The molecule has 0 aliphatic heterocycles. The number of carbonyl (C=O) groups is 1. The van der Waals surface area contributed by atoms with Gasteiger partial charge in [0.25, 0.3) is 5.56 Å². The summed E-state index contributed by atoms with van der Waals surface area (Å²) in [5, 5.41) is 13.4. The number of nitrogens with one attached hydrogen (secondary N) is 1. The number of hydrogen-bond donors (Lipinski definition) is 1. The molecule has 0 spiro atoms. The average Bonchev–Trinajstić information content (AvgIpc) is 3.25. The van der Waals surface area contributed by atoms with Crippen LogP contribution in [0.1, 0.15) is 32.9 Å². The molecule has 0 saturated heterocycles. The Morgan fingerprint density at radius 3 is 2.53 bits per heavy atom. The molecule has 3 heterocycles. The van der Waals surface area contributed by atoms with Gasteiger partial charge in [-0.05, 0) is 49.7 Å². The first-order valence-electron chi connectivity index (χ1n) is 11.0. The monoisotopic (exact) mass is 476 g/mol. The van der Waals surface area contributed by atoms with Crippen molar-refractivity contribution >= 4 is 28.7 Å². The molecule has 4 rings (SSSR count). The van der Waals surface area contributed by atoms with Gasteiger partial charge in [0, 0.05) is 42.7 Å². The van der Waals surface area contributed by atoms with Crippen LogP contribution in [-0.4, -0.2) is 48.3 Å². The minimum atomic E-state index is -0.228. The van der Waals surface area contributed by atoms with Crippen molar-refractivity contribution in [3.63, 3.8) is 0 Å². The zero-order chi connectivity index (χ0) is 24.4. The van der Waals surface area contributed by atoms with Crippen LogP contribution in [-0.2, 0) is 4.79 Å². The van der Waals surface area contributed by atoms with Crippen LogP contribution < -0.4 is 5.56 Å². The first kappa shape index (κ1) is 23.4. The maximum Gasteiger partial charge on any atom is 0.282 e. The van der Waals surface area contributed by atoms with E-state index in [0.717, 1.165) is 11.1 Å². The molecule has 0 saturated carbocycles. The minimum absolute atomic E-state index is 0.0158. The van der Waals surface area contributed by atoms with Gasteiger partial charge < -0.3 is 10.3 Å². The van der Waals surface area contributed by atoms with E-state index in [9.17, 15) is 9.59 Å². The van der Waals surface area contributed by atoms with E-state index < -0.39 is 0 Å². The van der Waals surface area contributed by atoms with Crippen LogP contribution in [0.15, 0.2) is 66.0 Å². The normalized spacial score (nSPS) is 12.0. The van der Waals surface area contributed by atoms with Crippen LogP contribution in [0, 0.1) is 5.41 Å². The van der Waals surface area contributed by atoms with E-state index in [2.05, 4.69) is 10.1 Å². The number of aromatic nitrogens is 4. The van der Waals surface area contributed by atoms with Crippen LogP contribution in [0.4, 0.5) is 0 Å². The molecular formula is C25H25ClN6O2. The summed E-state index contributed by atoms with van der Waals surface area (Å²) < 4.78 is 2.98. The summed E-state index contributed by atoms with van der Waals surface area (Å²) in [6, 6.07) is 12.5. The molecule has 4 aromatic rings. The van der Waals surface area contributed by atoms with Crippen molar-refractivity contribution in [2.45, 2.75) is 33.2 Å². The van der Waals surface area contributed by atoms with E-state index in [4.69, 9.17) is 17.0 Å². The number of hydrogen-bond acceptors (Lipinski definition) is 5. The van der Waals surface area contributed by atoms with Crippen LogP contribution in [0.2, 0.25) is 5.02 Å². The second kappa shape index (κ2) is 9.61. The van der Waals surface area contributed by atoms with E-state index >= 15 is 0 Å². The Morgan fingerprint density at radius 2 is 1.91 bits per heavy atom. The maximum absolute atomic E-state index is 13.1. The smallest absolute Gasteiger partial charge is 0.282 e. The lowest BCUT2D eigenvalue weighted by molar-refractivity contribution is -0.130. The molecule has 0 fully saturated rings. The molecule has 3 aromatic heterocycles. The molecular weight excluding hydrogens is 452 g/mol. The zero-order valence-corrected chi connectivity index (χ0v) is 20.0. The van der Waals surface area contributed by atoms with Gasteiger partial charge in [-0.3, -0.25) is 19.1 Å². The van der Waals surface area contributed by atoms with Gasteiger partial charge in [-0.1, -0.05) is 23.7 Å². The Kier molecular flexibility index (Phi) is 6.61. The summed E-state index contributed by atoms with van der Waals surface area (Å²) in [6.45, 7) is 5.96. The fourth-order valence-electron chi connectivity index (χ4n) is 4.04. The molecule has 34 heavy (non-hydrogen) atoms. The van der Waals surface area contributed by atoms with Gasteiger partial charge in [0.2, 0.25) is 5.91 Å². The Labute approximate surface area is 201 Å². The second-order valence-corrected chi connectivity index (χ2v) is 8.55. The first-order valence-corrected chi connectivity index (χ1v) is 11.3. The number of nitrogens with zero attached hydrogens (tertiary/aromatic N) is 5. The third-order valence-corrected chi connectivity index (χ3v) is 6.07. The lowest BCUT2D eigenvalue weighted by atomic mass is 10.1. The minimum Gasteiger partial charge on any atom is -0.340 e. The number of benzene rings is 1. The van der Waals surface area contributed by atoms with Crippen LogP contribution in [0.25, 0.3) is 22.3 Å². The fourth-order valence-corrected chi connectivity index (χ4v) is 4.16. The van der Waals surface area contributed by atoms with Crippen molar-refractivity contribution in [3.8, 4) is 16.8 Å². The van der Waals surface area contributed by atoms with Crippen molar-refractivity contribution in [2.75, 3.05) is 6.54 Å². The summed E-state index contributed by atoms with van der Waals surface area (Å²) in [5.41, 5.74) is 3.39. The number of carbonyl (C=O) groups excluding carboxylic acids is 1. The Morgan fingerprint density at radius 1 is 1.18 bits per heavy atom. The quantitative estimate of drug-likeness (QED) is 0.404. The highest BCUT2D eigenvalue weighted by atomic mass is 35.5. The lowest BCUT2D eigenvalue weighted by Crippen LogP contribution is -2.38. The molecule has 1 atom stereocenters. The number of fused-ring (bicyclic) bond motifs is 1. The van der Waals surface area contributed by atoms with E-state index in [1.54, 1.807) is 52.1 Å². The number of pyridine rings is 1. The van der Waals surface area contributed by atoms with E-state index in [0.29, 0.717) is 40.6 Å². The summed E-state index contributed by atoms with van der Waals surface area (Å²) in [6.07, 6.45) is 5.20. The Balaban J connectivity index is 1.58. The largest absolute Gasteiger partial charge is 0.340 e. The summed E-state index contributed by atoms with van der Waals surface area (Å²) in [4.78, 5) is 31.0. The second-order valence-electron chi connectivity index (χ2n) is 8.11. The third-order valence-electron chi connectivity index (χ3n) is 5.82. The molecule has 1 amide bonds. The Bertz CT molecular complexity index is 1410. The maximum atomic E-state index is 13.1. The molecule has 174 valence electrons. The van der Waals surface area contributed by atoms with Gasteiger partial charge in [0.15, 0.2) is 0 Å². The number of halogens is 1. The highest BCUT2D eigenvalue weighted by Crippen LogP contribution is 2.23. The summed E-state index contributed by atoms with van der Waals surface area (Å²) in [5.74, 6) is -0.0158. The van der Waals surface area contributed by atoms with Gasteiger partial charge >= 0.3 is 0 Å². The summed E-state index contributed by atoms with van der Waals surface area (Å²) >= 11 is 5.97. The van der Waals surface area contributed by atoms with E-state index in [1.807, 2.05) is 26.0 Å². The first-order chi connectivity index (χ1) is 16.3. The van der Waals surface area contributed by atoms with Crippen molar-refractivity contribution in [2.24, 2.45) is 0 Å². The van der Waals surface area contributed by atoms with Gasteiger partial charge in [0.05, 0.1) is 23.3 Å². The van der Waals surface area contributed by atoms with Crippen molar-refractivity contribution < 1.29 is 4.79 Å². The predicted octanol–water partition coefficient (Wildman–Crippen LogP) is 4.22. The molecule has 1 aromatic carbocycles. The Hall–Kier alpha value is -3.78. The fraction of sp³-hybridized carbons (Fsp3) is 0.240. The van der Waals surface area contributed by atoms with Gasteiger partial charge in [-0.2, -0.15) is 5.10 Å². The molecule has 1 unspecified atom stereocenters. The highest BCUT2D eigenvalue weighted by Gasteiger charge is 2.18. The van der Waals surface area contributed by atoms with Gasteiger partial charge in [-0.25, -0.2) is 4.52 Å². The molecule has 9 heteroatoms. The number of rotatable bonds is 7. The summed E-state index contributed by atoms with van der Waals surface area (Å²) in [7, 11) is 0. The number of amides is 1. The molecule has 0 aliphatic rings. The lowest BCUT2D eigenvalue weighted by Gasteiger charge is -2.26. The predicted molar refractivity (Wildman–Crippen MR) is 133 cm³/mol. The average molecular weight is 477 g/mol. The van der Waals surface area contributed by atoms with Crippen LogP contribution in [0.3, 0.4) is 0 Å². The van der Waals surface area contributed by atoms with E-state index in [1.165, 1.54) is 17.8 Å². The highest BCUT2D eigenvalue weighted by molar-refractivity contribution is 6.30. The molecule has 1 N–H and O–H groups in total. The molecule has 8 nitrogen and oxygen atoms in total. The topological polar surface area (TPSA) is 96.4 Å². The van der Waals surface area contributed by atoms with Gasteiger partial charge in [0.1, 0.15) is 11.8 Å². The van der Waals surface area contributed by atoms with Crippen molar-refractivity contribution in [1.29, 1.82) is 5.41 Å². The van der Waals surface area contributed by atoms with Crippen LogP contribution >= 0.6 is 11.6 Å². The standard InChI is InChI=1S/C25H25ClN6O2/c1-4-30(17(3)33)16(2)11-22(27)23-10-9-21(13-28-23)31-15-29-32-14-19(12-24(32)25(31)34)18-5-7-20(26)8-6-18/h5-10,12-16,27H,4,11H2,1-3H3. The van der Waals surface area contributed by atoms with Crippen molar-refractivity contribution in [3.05, 3.63) is 82.3 Å². The van der Waals surface area contributed by atoms with E-state index in [-0.39, 0.29) is 17.5 Å². The molecule has 0 aliphatic carbocycles. The van der Waals surface area contributed by atoms with Crippen molar-refractivity contribution in [1.82, 2.24) is 24.1 Å². The molecule has 0 bridgehead atoms. The SMILES string of the molecule is CCN(C(C)=O)C(C)CC(=N)c1ccc(-n2cnn3cc(-c4ccc(Cl)cc4)cc3c2=O)cn1. The van der Waals surface area contributed by atoms with Crippen LogP contribution in [0.5, 0.6) is 0 Å².